The van der Waals surface area contributed by atoms with E-state index in [9.17, 15) is 5.11 Å². The Morgan fingerprint density at radius 3 is 2.30 bits per heavy atom. The van der Waals surface area contributed by atoms with Gasteiger partial charge in [-0.1, -0.05) is 20.8 Å². The molecule has 0 radical (unpaired) electrons. The van der Waals surface area contributed by atoms with Gasteiger partial charge in [0.25, 0.3) is 0 Å². The van der Waals surface area contributed by atoms with Crippen LogP contribution in [-0.4, -0.2) is 72.4 Å². The molecule has 0 amide bonds. The van der Waals surface area contributed by atoms with Crippen LogP contribution in [0, 0.1) is 5.92 Å². The van der Waals surface area contributed by atoms with E-state index in [1.54, 1.807) is 0 Å². The summed E-state index contributed by atoms with van der Waals surface area (Å²) in [6, 6.07) is 1.54. The van der Waals surface area contributed by atoms with Crippen molar-refractivity contribution in [2.75, 3.05) is 33.8 Å². The quantitative estimate of drug-likeness (QED) is 0.741. The molecule has 4 atom stereocenters. The molecule has 0 aromatic heterocycles. The van der Waals surface area contributed by atoms with E-state index < -0.39 is 0 Å². The van der Waals surface area contributed by atoms with Crippen LogP contribution in [0.3, 0.4) is 0 Å². The zero-order valence-corrected chi connectivity index (χ0v) is 14.5. The lowest BCUT2D eigenvalue weighted by Crippen LogP contribution is -2.53. The number of nitrogens with zero attached hydrogens (tertiary/aromatic N) is 2. The number of likely N-dealkylation sites (tertiary alicyclic amines) is 1. The molecule has 0 aromatic rings. The van der Waals surface area contributed by atoms with Crippen molar-refractivity contribution in [2.24, 2.45) is 5.92 Å². The molecule has 4 heteroatoms. The summed E-state index contributed by atoms with van der Waals surface area (Å²) in [5.74, 6) is 0.714. The summed E-state index contributed by atoms with van der Waals surface area (Å²) < 4.78 is 0. The van der Waals surface area contributed by atoms with Gasteiger partial charge in [-0.25, -0.2) is 0 Å². The minimum Gasteiger partial charge on any atom is -0.394 e. The molecule has 1 heterocycles. The van der Waals surface area contributed by atoms with Crippen LogP contribution in [-0.2, 0) is 0 Å². The Kier molecular flexibility index (Phi) is 6.45. The van der Waals surface area contributed by atoms with Crippen LogP contribution in [0.1, 0.15) is 41.0 Å². The van der Waals surface area contributed by atoms with Gasteiger partial charge in [0.2, 0.25) is 0 Å². The first-order chi connectivity index (χ1) is 9.18. The second-order valence-electron chi connectivity index (χ2n) is 7.53. The van der Waals surface area contributed by atoms with E-state index in [0.717, 1.165) is 19.5 Å². The maximum atomic E-state index is 9.73. The summed E-state index contributed by atoms with van der Waals surface area (Å²) >= 11 is 0. The van der Waals surface area contributed by atoms with Crippen LogP contribution in [0.15, 0.2) is 0 Å². The average Bonchev–Trinajstić information content (AvgIpc) is 2.70. The van der Waals surface area contributed by atoms with E-state index in [0.29, 0.717) is 24.0 Å². The Morgan fingerprint density at radius 1 is 1.30 bits per heavy atom. The Bertz CT molecular complexity index is 295. The Labute approximate surface area is 125 Å². The lowest BCUT2D eigenvalue weighted by atomic mass is 9.93. The summed E-state index contributed by atoms with van der Waals surface area (Å²) in [7, 11) is 4.35. The monoisotopic (exact) mass is 285 g/mol. The molecule has 1 rings (SSSR count). The predicted octanol–water partition coefficient (Wildman–Crippen LogP) is 1.40. The van der Waals surface area contributed by atoms with E-state index >= 15 is 0 Å². The minimum absolute atomic E-state index is 0.187. The molecule has 1 fully saturated rings. The molecular weight excluding hydrogens is 250 g/mol. The molecule has 0 aromatic carbocycles. The van der Waals surface area contributed by atoms with Crippen LogP contribution in [0.5, 0.6) is 0 Å². The third-order valence-corrected chi connectivity index (χ3v) is 4.62. The van der Waals surface area contributed by atoms with Gasteiger partial charge < -0.3 is 15.3 Å². The Morgan fingerprint density at radius 2 is 1.90 bits per heavy atom. The summed E-state index contributed by atoms with van der Waals surface area (Å²) in [6.45, 7) is 13.5. The summed E-state index contributed by atoms with van der Waals surface area (Å²) in [4.78, 5) is 4.92. The molecule has 1 saturated heterocycles. The number of nitrogens with one attached hydrogen (secondary N) is 1. The molecule has 4 nitrogen and oxygen atoms in total. The summed E-state index contributed by atoms with van der Waals surface area (Å²) in [6.07, 6.45) is 0.981. The fraction of sp³-hybridized carbons (Fsp3) is 1.00. The van der Waals surface area contributed by atoms with Crippen molar-refractivity contribution < 1.29 is 5.11 Å². The third kappa shape index (κ3) is 4.69. The van der Waals surface area contributed by atoms with E-state index in [1.165, 1.54) is 0 Å². The zero-order valence-electron chi connectivity index (χ0n) is 14.5. The highest BCUT2D eigenvalue weighted by atomic mass is 16.3. The predicted molar refractivity (Wildman–Crippen MR) is 86.1 cm³/mol. The smallest absolute Gasteiger partial charge is 0.0611 e. The van der Waals surface area contributed by atoms with Crippen LogP contribution in [0.2, 0.25) is 0 Å². The average molecular weight is 285 g/mol. The van der Waals surface area contributed by atoms with Crippen LogP contribution >= 0.6 is 0 Å². The van der Waals surface area contributed by atoms with Gasteiger partial charge in [-0.15, -0.1) is 0 Å². The largest absolute Gasteiger partial charge is 0.394 e. The molecule has 1 aliphatic rings. The van der Waals surface area contributed by atoms with Crippen molar-refractivity contribution in [3.63, 3.8) is 0 Å². The van der Waals surface area contributed by atoms with Crippen molar-refractivity contribution >= 4 is 0 Å². The molecule has 2 N–H and O–H groups in total. The van der Waals surface area contributed by atoms with Gasteiger partial charge in [-0.2, -0.15) is 0 Å². The number of aliphatic hydroxyl groups is 1. The molecule has 0 aliphatic carbocycles. The summed E-state index contributed by atoms with van der Waals surface area (Å²) in [5.41, 5.74) is -0.187. The van der Waals surface area contributed by atoms with E-state index in [-0.39, 0.29) is 12.1 Å². The molecule has 0 saturated carbocycles. The lowest BCUT2D eigenvalue weighted by Gasteiger charge is -2.36. The molecule has 4 unspecified atom stereocenters. The SMILES string of the molecule is CC(C)NC(C)(CO)CC(C)N1CC(C)C(N(C)C)C1. The fourth-order valence-electron chi connectivity index (χ4n) is 3.67. The topological polar surface area (TPSA) is 38.7 Å². The maximum absolute atomic E-state index is 9.73. The van der Waals surface area contributed by atoms with Gasteiger partial charge in [-0.3, -0.25) is 4.90 Å². The van der Waals surface area contributed by atoms with Gasteiger partial charge in [0.15, 0.2) is 0 Å². The number of hydrogen-bond donors (Lipinski definition) is 2. The fourth-order valence-corrected chi connectivity index (χ4v) is 3.67. The lowest BCUT2D eigenvalue weighted by molar-refractivity contribution is 0.116. The second-order valence-corrected chi connectivity index (χ2v) is 7.53. The van der Waals surface area contributed by atoms with E-state index in [4.69, 9.17) is 0 Å². The first-order valence-corrected chi connectivity index (χ1v) is 7.97. The van der Waals surface area contributed by atoms with Crippen molar-refractivity contribution in [3.05, 3.63) is 0 Å². The second kappa shape index (κ2) is 7.21. The highest BCUT2D eigenvalue weighted by Crippen LogP contribution is 2.25. The first-order valence-electron chi connectivity index (χ1n) is 7.97. The normalized spacial score (nSPS) is 29.1. The van der Waals surface area contributed by atoms with Gasteiger partial charge in [-0.05, 0) is 40.3 Å². The number of hydrogen-bond acceptors (Lipinski definition) is 4. The van der Waals surface area contributed by atoms with Crippen LogP contribution in [0.4, 0.5) is 0 Å². The van der Waals surface area contributed by atoms with E-state index in [1.807, 2.05) is 0 Å². The standard InChI is InChI=1S/C16H35N3O/c1-12(2)17-16(5,11-20)8-14(4)19-9-13(3)15(10-19)18(6)7/h12-15,17,20H,8-11H2,1-7H3. The zero-order chi connectivity index (χ0) is 15.5. The molecule has 0 bridgehead atoms. The number of aliphatic hydroxyl groups excluding tert-OH is 1. The first kappa shape index (κ1) is 17.9. The molecule has 0 spiro atoms. The number of likely N-dealkylation sites (N-methyl/N-ethyl adjacent to an activating group) is 1. The van der Waals surface area contributed by atoms with Crippen molar-refractivity contribution in [1.82, 2.24) is 15.1 Å². The van der Waals surface area contributed by atoms with Crippen LogP contribution < -0.4 is 5.32 Å². The summed E-state index contributed by atoms with van der Waals surface area (Å²) in [5, 5.41) is 13.2. The highest BCUT2D eigenvalue weighted by molar-refractivity contribution is 4.93. The van der Waals surface area contributed by atoms with Crippen LogP contribution in [0.25, 0.3) is 0 Å². The molecule has 20 heavy (non-hydrogen) atoms. The van der Waals surface area contributed by atoms with Gasteiger partial charge in [0, 0.05) is 36.8 Å². The highest BCUT2D eigenvalue weighted by Gasteiger charge is 2.36. The molecule has 1 aliphatic heterocycles. The molecule has 120 valence electrons. The number of rotatable bonds is 7. The van der Waals surface area contributed by atoms with Crippen molar-refractivity contribution in [2.45, 2.75) is 64.7 Å². The van der Waals surface area contributed by atoms with Gasteiger partial charge >= 0.3 is 0 Å². The maximum Gasteiger partial charge on any atom is 0.0611 e. The van der Waals surface area contributed by atoms with E-state index in [2.05, 4.69) is 63.8 Å². The minimum atomic E-state index is -0.187. The third-order valence-electron chi connectivity index (χ3n) is 4.62. The van der Waals surface area contributed by atoms with Crippen molar-refractivity contribution in [3.8, 4) is 0 Å². The van der Waals surface area contributed by atoms with Crippen molar-refractivity contribution in [1.29, 1.82) is 0 Å². The Hall–Kier alpha value is -0.160. The molecular formula is C16H35N3O. The Balaban J connectivity index is 2.60. The van der Waals surface area contributed by atoms with Gasteiger partial charge in [0.1, 0.15) is 0 Å². The van der Waals surface area contributed by atoms with Gasteiger partial charge in [0.05, 0.1) is 6.61 Å².